The van der Waals surface area contributed by atoms with Gasteiger partial charge in [0.2, 0.25) is 0 Å². The highest BCUT2D eigenvalue weighted by Crippen LogP contribution is 2.36. The van der Waals surface area contributed by atoms with E-state index in [1.165, 1.54) is 11.8 Å². The second-order valence-electron chi connectivity index (χ2n) is 10.1. The largest absolute Gasteiger partial charge is 0.497 e. The van der Waals surface area contributed by atoms with Crippen molar-refractivity contribution in [2.45, 2.75) is 25.2 Å². The number of primary amides is 1. The minimum absolute atomic E-state index is 0.0921. The number of nitrogens with zero attached hydrogens (tertiary/aromatic N) is 5. The monoisotopic (exact) mass is 573 g/mol. The van der Waals surface area contributed by atoms with E-state index >= 15 is 0 Å². The molecule has 10 nitrogen and oxygen atoms in total. The zero-order valence-electron chi connectivity index (χ0n) is 23.9. The Morgan fingerprint density at radius 2 is 1.72 bits per heavy atom. The Morgan fingerprint density at radius 1 is 0.930 bits per heavy atom. The van der Waals surface area contributed by atoms with Crippen molar-refractivity contribution in [3.63, 3.8) is 0 Å². The van der Waals surface area contributed by atoms with Gasteiger partial charge in [-0.15, -0.1) is 10.2 Å². The van der Waals surface area contributed by atoms with E-state index < -0.39 is 11.8 Å². The molecule has 0 saturated carbocycles. The maximum atomic E-state index is 12.6. The average molecular weight is 574 g/mol. The van der Waals surface area contributed by atoms with Crippen LogP contribution in [-0.4, -0.2) is 49.8 Å². The topological polar surface area (TPSA) is 134 Å². The number of aromatic nitrogens is 6. The van der Waals surface area contributed by atoms with Crippen molar-refractivity contribution in [2.24, 2.45) is 5.73 Å². The first-order valence-corrected chi connectivity index (χ1v) is 13.9. The van der Waals surface area contributed by atoms with Gasteiger partial charge < -0.3 is 20.2 Å². The molecule has 0 radical (unpaired) electrons. The van der Waals surface area contributed by atoms with Crippen LogP contribution in [0.5, 0.6) is 11.5 Å². The highest BCUT2D eigenvalue weighted by atomic mass is 16.5. The second-order valence-corrected chi connectivity index (χ2v) is 10.1. The molecule has 1 atom stereocenters. The number of rotatable bonds is 11. The summed E-state index contributed by atoms with van der Waals surface area (Å²) in [7, 11) is 3.23. The number of H-pyrrole nitrogens is 1. The van der Waals surface area contributed by atoms with Crippen LogP contribution >= 0.6 is 0 Å². The molecule has 216 valence electrons. The van der Waals surface area contributed by atoms with Crippen LogP contribution in [0.4, 0.5) is 0 Å². The lowest BCUT2D eigenvalue weighted by Crippen LogP contribution is -2.22. The van der Waals surface area contributed by atoms with E-state index in [0.717, 1.165) is 34.4 Å². The summed E-state index contributed by atoms with van der Waals surface area (Å²) >= 11 is 0. The Hall–Kier alpha value is -5.51. The molecule has 10 heteroatoms. The van der Waals surface area contributed by atoms with Gasteiger partial charge in [-0.25, -0.2) is 4.98 Å². The summed E-state index contributed by atoms with van der Waals surface area (Å²) in [6.45, 7) is 0. The molecule has 3 heterocycles. The van der Waals surface area contributed by atoms with Crippen molar-refractivity contribution in [1.29, 1.82) is 0 Å². The molecule has 0 spiro atoms. The van der Waals surface area contributed by atoms with E-state index in [9.17, 15) is 4.79 Å². The predicted molar refractivity (Wildman–Crippen MR) is 163 cm³/mol. The molecule has 3 aromatic carbocycles. The van der Waals surface area contributed by atoms with Gasteiger partial charge in [0.05, 0.1) is 31.5 Å². The second kappa shape index (κ2) is 12.2. The van der Waals surface area contributed by atoms with Gasteiger partial charge in [-0.05, 0) is 42.2 Å². The number of amides is 1. The number of carbonyl (C=O) groups is 1. The highest BCUT2D eigenvalue weighted by molar-refractivity contribution is 5.92. The summed E-state index contributed by atoms with van der Waals surface area (Å²) in [6, 6.07) is 23.9. The smallest absolute Gasteiger partial charge is 0.269 e. The molecule has 0 aliphatic carbocycles. The van der Waals surface area contributed by atoms with Gasteiger partial charge in [-0.2, -0.15) is 0 Å². The van der Waals surface area contributed by atoms with Crippen molar-refractivity contribution in [2.75, 3.05) is 14.2 Å². The molecule has 6 rings (SSSR count). The number of aryl methyl sites for hydroxylation is 2. The molecule has 1 amide bonds. The quantitative estimate of drug-likeness (QED) is 0.227. The van der Waals surface area contributed by atoms with Crippen LogP contribution in [0.1, 0.15) is 44.9 Å². The Kier molecular flexibility index (Phi) is 7.82. The summed E-state index contributed by atoms with van der Waals surface area (Å²) in [5, 5.41) is 10.5. The van der Waals surface area contributed by atoms with Crippen molar-refractivity contribution in [1.82, 2.24) is 29.7 Å². The van der Waals surface area contributed by atoms with Gasteiger partial charge in [0, 0.05) is 42.0 Å². The van der Waals surface area contributed by atoms with Crippen molar-refractivity contribution in [3.8, 4) is 17.2 Å². The normalized spacial score (nSPS) is 11.9. The fraction of sp³-hybridized carbons (Fsp3) is 0.182. The van der Waals surface area contributed by atoms with Crippen LogP contribution in [-0.2, 0) is 19.3 Å². The molecule has 6 aromatic rings. The van der Waals surface area contributed by atoms with Crippen LogP contribution in [0.3, 0.4) is 0 Å². The number of hydrogen-bond acceptors (Lipinski definition) is 7. The lowest BCUT2D eigenvalue weighted by Gasteiger charge is -2.21. The van der Waals surface area contributed by atoms with Gasteiger partial charge in [0.25, 0.3) is 5.91 Å². The molecule has 0 aliphatic heterocycles. The highest BCUT2D eigenvalue weighted by Gasteiger charge is 2.31. The fourth-order valence-electron chi connectivity index (χ4n) is 5.48. The van der Waals surface area contributed by atoms with E-state index in [1.807, 2.05) is 65.4 Å². The molecule has 3 aromatic heterocycles. The number of ether oxygens (including phenoxy) is 2. The van der Waals surface area contributed by atoms with Crippen LogP contribution in [0, 0.1) is 0 Å². The average Bonchev–Trinajstić information content (AvgIpc) is 3.66. The van der Waals surface area contributed by atoms with Crippen molar-refractivity contribution < 1.29 is 14.3 Å². The first-order chi connectivity index (χ1) is 21.1. The lowest BCUT2D eigenvalue weighted by atomic mass is 9.92. The number of carbonyl (C=O) groups excluding carboxylic acids is 1. The van der Waals surface area contributed by atoms with E-state index in [4.69, 9.17) is 25.4 Å². The summed E-state index contributed by atoms with van der Waals surface area (Å²) in [5.74, 6) is 1.36. The van der Waals surface area contributed by atoms with Crippen LogP contribution in [0.25, 0.3) is 16.6 Å². The minimum Gasteiger partial charge on any atom is -0.497 e. The Labute approximate surface area is 248 Å². The number of para-hydroxylation sites is 1. The van der Waals surface area contributed by atoms with Gasteiger partial charge in [0.15, 0.2) is 0 Å². The third-order valence-corrected chi connectivity index (χ3v) is 7.56. The summed E-state index contributed by atoms with van der Waals surface area (Å²) < 4.78 is 13.3. The Morgan fingerprint density at radius 3 is 2.51 bits per heavy atom. The number of aromatic amines is 1. The first-order valence-electron chi connectivity index (χ1n) is 13.9. The molecule has 43 heavy (non-hydrogen) atoms. The van der Waals surface area contributed by atoms with Crippen molar-refractivity contribution >= 4 is 16.8 Å². The standard InChI is InChI=1S/C33H31N7O3/c1-42-23-13-14-27(28(19-23)43-2)40-29(15-12-21-8-4-3-5-9-21)38-39-33(40)25(30-31(32(34)41)36-17-16-35-30)18-22-20-37-26-11-7-6-10-24(22)26/h3-11,13-14,16-17,19-20,25,37H,12,15,18H2,1-2H3,(H2,34,41)/t25-/m1/s1. The molecule has 0 bridgehead atoms. The Balaban J connectivity index is 1.55. The first kappa shape index (κ1) is 27.6. The third-order valence-electron chi connectivity index (χ3n) is 7.56. The van der Waals surface area contributed by atoms with Gasteiger partial charge >= 0.3 is 0 Å². The maximum Gasteiger partial charge on any atom is 0.269 e. The number of methoxy groups -OCH3 is 2. The number of nitrogens with one attached hydrogen (secondary N) is 1. The maximum absolute atomic E-state index is 12.6. The van der Waals surface area contributed by atoms with Gasteiger partial charge in [-0.1, -0.05) is 48.5 Å². The van der Waals surface area contributed by atoms with E-state index in [-0.39, 0.29) is 5.69 Å². The molecular weight excluding hydrogens is 542 g/mol. The van der Waals surface area contributed by atoms with E-state index in [2.05, 4.69) is 33.2 Å². The molecule has 0 fully saturated rings. The van der Waals surface area contributed by atoms with Crippen LogP contribution < -0.4 is 15.2 Å². The van der Waals surface area contributed by atoms with Gasteiger partial charge in [-0.3, -0.25) is 14.3 Å². The number of fused-ring (bicyclic) bond motifs is 1. The third kappa shape index (κ3) is 5.54. The molecule has 0 aliphatic rings. The SMILES string of the molecule is COc1ccc(-n2c(CCc3ccccc3)nnc2[C@H](Cc2c[nH]c3ccccc23)c2nccnc2C(N)=O)c(OC)c1. The van der Waals surface area contributed by atoms with Crippen molar-refractivity contribution in [3.05, 3.63) is 126 Å². The Bertz CT molecular complexity index is 1880. The molecule has 0 unspecified atom stereocenters. The molecular formula is C33H31N7O3. The lowest BCUT2D eigenvalue weighted by molar-refractivity contribution is 0.0993. The zero-order chi connectivity index (χ0) is 29.8. The van der Waals surface area contributed by atoms with E-state index in [1.54, 1.807) is 20.4 Å². The number of nitrogens with two attached hydrogens (primary N) is 1. The number of benzene rings is 3. The van der Waals surface area contributed by atoms with Crippen LogP contribution in [0.15, 0.2) is 91.4 Å². The summed E-state index contributed by atoms with van der Waals surface area (Å²) in [6.07, 6.45) is 6.82. The van der Waals surface area contributed by atoms with Gasteiger partial charge in [0.1, 0.15) is 28.8 Å². The summed E-state index contributed by atoms with van der Waals surface area (Å²) in [5.41, 5.74) is 10.3. The minimum atomic E-state index is -0.663. The predicted octanol–water partition coefficient (Wildman–Crippen LogP) is 4.81. The van der Waals surface area contributed by atoms with Crippen LogP contribution in [0.2, 0.25) is 0 Å². The fourth-order valence-corrected chi connectivity index (χ4v) is 5.48. The zero-order valence-corrected chi connectivity index (χ0v) is 23.9. The molecule has 3 N–H and O–H groups in total. The molecule has 0 saturated heterocycles. The van der Waals surface area contributed by atoms with E-state index in [0.29, 0.717) is 35.9 Å². The summed E-state index contributed by atoms with van der Waals surface area (Å²) in [4.78, 5) is 24.9. The number of hydrogen-bond donors (Lipinski definition) is 2.